The highest BCUT2D eigenvalue weighted by Crippen LogP contribution is 2.29. The molecule has 2 aromatic carbocycles. The molecule has 0 radical (unpaired) electrons. The van der Waals surface area contributed by atoms with Gasteiger partial charge in [0.25, 0.3) is 5.91 Å². The predicted molar refractivity (Wildman–Crippen MR) is 134 cm³/mol. The number of halogens is 1. The maximum atomic E-state index is 13.3. The Balaban J connectivity index is 1.28. The molecule has 2 aliphatic heterocycles. The molecule has 5 rings (SSSR count). The van der Waals surface area contributed by atoms with Gasteiger partial charge >= 0.3 is 0 Å². The average molecular weight is 494 g/mol. The summed E-state index contributed by atoms with van der Waals surface area (Å²) in [5, 5.41) is 5.62. The van der Waals surface area contributed by atoms with Crippen molar-refractivity contribution in [2.24, 2.45) is 5.92 Å². The molecule has 3 heterocycles. The van der Waals surface area contributed by atoms with E-state index in [-0.39, 0.29) is 24.1 Å². The van der Waals surface area contributed by atoms with Gasteiger partial charge < -0.3 is 15.1 Å². The lowest BCUT2D eigenvalue weighted by atomic mass is 10.0. The Hall–Kier alpha value is -3.16. The number of anilines is 2. The van der Waals surface area contributed by atoms with Gasteiger partial charge in [-0.1, -0.05) is 17.7 Å². The first-order chi connectivity index (χ1) is 16.4. The smallest absolute Gasteiger partial charge is 0.254 e. The molecule has 34 heavy (non-hydrogen) atoms. The van der Waals surface area contributed by atoms with Gasteiger partial charge in [0.05, 0.1) is 5.92 Å². The van der Waals surface area contributed by atoms with Crippen LogP contribution in [0.4, 0.5) is 11.4 Å². The second-order valence-corrected chi connectivity index (χ2v) is 10.1. The zero-order chi connectivity index (χ0) is 23.8. The predicted octanol–water partition coefficient (Wildman–Crippen LogP) is 4.90. The zero-order valence-electron chi connectivity index (χ0n) is 18.7. The van der Waals surface area contributed by atoms with Crippen LogP contribution < -0.4 is 10.2 Å². The third-order valence-electron chi connectivity index (χ3n) is 6.55. The van der Waals surface area contributed by atoms with Crippen molar-refractivity contribution >= 4 is 52.0 Å². The second kappa shape index (κ2) is 9.24. The van der Waals surface area contributed by atoms with E-state index >= 15 is 0 Å². The number of carbonyl (C=O) groups excluding carboxylic acids is 3. The Kier molecular flexibility index (Phi) is 6.15. The minimum atomic E-state index is -0.471. The number of hydrogen-bond acceptors (Lipinski definition) is 4. The average Bonchev–Trinajstić information content (AvgIpc) is 3.46. The third-order valence-corrected chi connectivity index (χ3v) is 7.83. The molecule has 1 aromatic heterocycles. The Labute approximate surface area is 207 Å². The standard InChI is InChI=1S/C26H24ClN3O3S/c1-16-21(26(33)29-11-9-23-17(14-29)10-12-34-23)3-2-4-22(16)28-25(32)18-13-24(31)30(15-18)20-7-5-19(27)6-8-20/h2-8,10,12,18H,9,11,13-15H2,1H3,(H,28,32). The summed E-state index contributed by atoms with van der Waals surface area (Å²) in [6.07, 6.45) is 1.01. The monoisotopic (exact) mass is 493 g/mol. The summed E-state index contributed by atoms with van der Waals surface area (Å²) in [5.74, 6) is -0.823. The number of fused-ring (bicyclic) bond motifs is 1. The molecule has 1 unspecified atom stereocenters. The summed E-state index contributed by atoms with van der Waals surface area (Å²) in [5.41, 5.74) is 3.85. The van der Waals surface area contributed by atoms with E-state index in [0.29, 0.717) is 35.9 Å². The third kappa shape index (κ3) is 4.33. The van der Waals surface area contributed by atoms with Gasteiger partial charge in [0.2, 0.25) is 11.8 Å². The topological polar surface area (TPSA) is 69.7 Å². The normalized spacial score (nSPS) is 17.6. The zero-order valence-corrected chi connectivity index (χ0v) is 20.3. The number of carbonyl (C=O) groups is 3. The summed E-state index contributed by atoms with van der Waals surface area (Å²) in [4.78, 5) is 43.7. The van der Waals surface area contributed by atoms with Crippen LogP contribution in [-0.2, 0) is 22.6 Å². The first kappa shape index (κ1) is 22.6. The van der Waals surface area contributed by atoms with Crippen LogP contribution in [0, 0.1) is 12.8 Å². The van der Waals surface area contributed by atoms with E-state index in [1.165, 1.54) is 10.4 Å². The maximum absolute atomic E-state index is 13.3. The number of rotatable bonds is 4. The Bertz CT molecular complexity index is 1270. The number of hydrogen-bond donors (Lipinski definition) is 1. The lowest BCUT2D eigenvalue weighted by Gasteiger charge is -2.28. The van der Waals surface area contributed by atoms with E-state index in [2.05, 4.69) is 16.8 Å². The van der Waals surface area contributed by atoms with Gasteiger partial charge in [0, 0.05) is 52.9 Å². The van der Waals surface area contributed by atoms with Gasteiger partial charge in [-0.15, -0.1) is 11.3 Å². The molecule has 6 nitrogen and oxygen atoms in total. The quantitative estimate of drug-likeness (QED) is 0.562. The van der Waals surface area contributed by atoms with E-state index in [9.17, 15) is 14.4 Å². The van der Waals surface area contributed by atoms with Crippen molar-refractivity contribution in [3.8, 4) is 0 Å². The highest BCUT2D eigenvalue weighted by molar-refractivity contribution is 7.10. The first-order valence-corrected chi connectivity index (χ1v) is 12.5. The van der Waals surface area contributed by atoms with E-state index < -0.39 is 5.92 Å². The molecular weight excluding hydrogens is 470 g/mol. The number of nitrogens with zero attached hydrogens (tertiary/aromatic N) is 2. The lowest BCUT2D eigenvalue weighted by Crippen LogP contribution is -2.35. The molecule has 0 spiro atoms. The van der Waals surface area contributed by atoms with Gasteiger partial charge in [-0.25, -0.2) is 0 Å². The van der Waals surface area contributed by atoms with Gasteiger partial charge in [-0.3, -0.25) is 14.4 Å². The number of amides is 3. The highest BCUT2D eigenvalue weighted by atomic mass is 35.5. The Morgan fingerprint density at radius 1 is 1.12 bits per heavy atom. The van der Waals surface area contributed by atoms with Crippen molar-refractivity contribution in [2.45, 2.75) is 26.3 Å². The highest BCUT2D eigenvalue weighted by Gasteiger charge is 2.35. The Morgan fingerprint density at radius 2 is 1.91 bits per heavy atom. The van der Waals surface area contributed by atoms with Crippen molar-refractivity contribution in [1.82, 2.24) is 4.90 Å². The van der Waals surface area contributed by atoms with E-state index in [0.717, 1.165) is 17.7 Å². The molecule has 1 atom stereocenters. The summed E-state index contributed by atoms with van der Waals surface area (Å²) >= 11 is 7.69. The number of benzene rings is 2. The molecule has 1 N–H and O–H groups in total. The van der Waals surface area contributed by atoms with Crippen LogP contribution in [0.2, 0.25) is 5.02 Å². The Morgan fingerprint density at radius 3 is 2.71 bits per heavy atom. The number of thiophene rings is 1. The maximum Gasteiger partial charge on any atom is 0.254 e. The molecule has 2 aliphatic rings. The van der Waals surface area contributed by atoms with Crippen LogP contribution in [0.1, 0.15) is 32.8 Å². The fourth-order valence-electron chi connectivity index (χ4n) is 4.58. The molecule has 1 saturated heterocycles. The van der Waals surface area contributed by atoms with Crippen LogP contribution in [0.3, 0.4) is 0 Å². The van der Waals surface area contributed by atoms with Gasteiger partial charge in [-0.05, 0) is 72.3 Å². The molecule has 3 amide bonds. The van der Waals surface area contributed by atoms with Crippen LogP contribution in [0.5, 0.6) is 0 Å². The summed E-state index contributed by atoms with van der Waals surface area (Å²) in [7, 11) is 0. The largest absolute Gasteiger partial charge is 0.334 e. The second-order valence-electron chi connectivity index (χ2n) is 8.69. The van der Waals surface area contributed by atoms with Crippen LogP contribution in [0.25, 0.3) is 0 Å². The molecule has 3 aromatic rings. The summed E-state index contributed by atoms with van der Waals surface area (Å²) in [6.45, 7) is 3.45. The minimum Gasteiger partial charge on any atom is -0.334 e. The summed E-state index contributed by atoms with van der Waals surface area (Å²) in [6, 6.07) is 14.5. The van der Waals surface area contributed by atoms with Crippen molar-refractivity contribution < 1.29 is 14.4 Å². The van der Waals surface area contributed by atoms with E-state index in [4.69, 9.17) is 11.6 Å². The number of nitrogens with one attached hydrogen (secondary N) is 1. The molecule has 174 valence electrons. The fourth-order valence-corrected chi connectivity index (χ4v) is 5.60. The van der Waals surface area contributed by atoms with E-state index in [1.807, 2.05) is 11.8 Å². The fraction of sp³-hybridized carbons (Fsp3) is 0.269. The van der Waals surface area contributed by atoms with Gasteiger partial charge in [-0.2, -0.15) is 0 Å². The van der Waals surface area contributed by atoms with Crippen molar-refractivity contribution in [2.75, 3.05) is 23.3 Å². The van der Waals surface area contributed by atoms with Gasteiger partial charge in [0.1, 0.15) is 0 Å². The van der Waals surface area contributed by atoms with Crippen molar-refractivity contribution in [3.05, 3.63) is 80.5 Å². The molecule has 1 fully saturated rings. The van der Waals surface area contributed by atoms with Gasteiger partial charge in [0.15, 0.2) is 0 Å². The molecule has 0 bridgehead atoms. The minimum absolute atomic E-state index is 0.0320. The first-order valence-electron chi connectivity index (χ1n) is 11.2. The molecule has 8 heteroatoms. The van der Waals surface area contributed by atoms with Crippen LogP contribution >= 0.6 is 22.9 Å². The molecule has 0 saturated carbocycles. The van der Waals surface area contributed by atoms with Crippen LogP contribution in [-0.4, -0.2) is 35.7 Å². The lowest BCUT2D eigenvalue weighted by molar-refractivity contribution is -0.122. The van der Waals surface area contributed by atoms with Crippen LogP contribution in [0.15, 0.2) is 53.9 Å². The van der Waals surface area contributed by atoms with E-state index in [1.54, 1.807) is 58.7 Å². The summed E-state index contributed by atoms with van der Waals surface area (Å²) < 4.78 is 0. The van der Waals surface area contributed by atoms with Crippen molar-refractivity contribution in [1.29, 1.82) is 0 Å². The SMILES string of the molecule is Cc1c(NC(=O)C2CC(=O)N(c3ccc(Cl)cc3)C2)cccc1C(=O)N1CCc2sccc2C1. The van der Waals surface area contributed by atoms with Crippen molar-refractivity contribution in [3.63, 3.8) is 0 Å². The molecular formula is C26H24ClN3O3S. The molecule has 0 aliphatic carbocycles.